The molecular weight excluding hydrogens is 560 g/mol. The molecule has 10 nitrogen and oxygen atoms in total. The number of carbonyl (C=O) groups is 2. The van der Waals surface area contributed by atoms with Crippen LogP contribution in [-0.4, -0.2) is 81.8 Å². The van der Waals surface area contributed by atoms with E-state index in [1.54, 1.807) is 36.4 Å². The maximum Gasteiger partial charge on any atom is 0.414 e. The molecule has 0 aliphatic carbocycles. The highest BCUT2D eigenvalue weighted by Crippen LogP contribution is 2.32. The molecule has 4 rings (SSSR count). The van der Waals surface area contributed by atoms with Crippen LogP contribution in [0.15, 0.2) is 77.7 Å². The number of halogens is 2. The lowest BCUT2D eigenvalue weighted by Gasteiger charge is -2.36. The number of nitrogens with zero attached hydrogens (tertiary/aromatic N) is 3. The second-order valence-corrected chi connectivity index (χ2v) is 10.8. The number of carboxylic acid groups (broad SMARTS) is 2. The summed E-state index contributed by atoms with van der Waals surface area (Å²) in [6, 6.07) is 18.3. The molecule has 0 radical (unpaired) electrons. The summed E-state index contributed by atoms with van der Waals surface area (Å²) >= 11 is 0. The Morgan fingerprint density at radius 1 is 0.854 bits per heavy atom. The van der Waals surface area contributed by atoms with Gasteiger partial charge in [-0.05, 0) is 67.1 Å². The highest BCUT2D eigenvalue weighted by Gasteiger charge is 2.27. The van der Waals surface area contributed by atoms with Gasteiger partial charge in [0.2, 0.25) is 0 Å². The Balaban J connectivity index is 0.000000696. The highest BCUT2D eigenvalue weighted by atomic mass is 32.2. The summed E-state index contributed by atoms with van der Waals surface area (Å²) in [6.45, 7) is 4.26. The van der Waals surface area contributed by atoms with Gasteiger partial charge in [0.05, 0.1) is 17.7 Å². The molecule has 0 spiro atoms. The summed E-state index contributed by atoms with van der Waals surface area (Å²) in [5.41, 5.74) is 1.44. The number of ether oxygens (including phenoxy) is 1. The van der Waals surface area contributed by atoms with Crippen LogP contribution in [0.4, 0.5) is 20.2 Å². The molecule has 0 unspecified atom stereocenters. The van der Waals surface area contributed by atoms with Crippen molar-refractivity contribution in [3.8, 4) is 5.75 Å². The number of benzene rings is 3. The molecule has 3 aromatic carbocycles. The lowest BCUT2D eigenvalue weighted by molar-refractivity contribution is -0.159. The number of piperazine rings is 1. The smallest absolute Gasteiger partial charge is 0.414 e. The number of hydrogen-bond acceptors (Lipinski definition) is 7. The summed E-state index contributed by atoms with van der Waals surface area (Å²) in [4.78, 5) is 22.7. The molecule has 41 heavy (non-hydrogen) atoms. The van der Waals surface area contributed by atoms with Gasteiger partial charge >= 0.3 is 11.9 Å². The summed E-state index contributed by atoms with van der Waals surface area (Å²) in [5.74, 6) is -3.94. The average Bonchev–Trinajstić information content (AvgIpc) is 2.96. The third-order valence-corrected chi connectivity index (χ3v) is 8.17. The Labute approximate surface area is 237 Å². The molecule has 13 heteroatoms. The number of aliphatic carboxylic acids is 2. The lowest BCUT2D eigenvalue weighted by atomic mass is 10.2. The van der Waals surface area contributed by atoms with Gasteiger partial charge in [0.25, 0.3) is 10.0 Å². The van der Waals surface area contributed by atoms with Crippen molar-refractivity contribution in [2.45, 2.75) is 11.3 Å². The van der Waals surface area contributed by atoms with E-state index in [4.69, 9.17) is 24.5 Å². The maximum absolute atomic E-state index is 13.5. The Morgan fingerprint density at radius 3 is 1.93 bits per heavy atom. The largest absolute Gasteiger partial charge is 0.495 e. The number of sulfonamides is 1. The van der Waals surface area contributed by atoms with Crippen LogP contribution in [0, 0.1) is 11.6 Å². The molecule has 0 aromatic heterocycles. The Morgan fingerprint density at radius 2 is 1.39 bits per heavy atom. The molecule has 0 atom stereocenters. The normalized spacial score (nSPS) is 13.6. The molecule has 0 bridgehead atoms. The van der Waals surface area contributed by atoms with Crippen LogP contribution in [-0.2, 0) is 19.6 Å². The Hall–Kier alpha value is -4.23. The second-order valence-electron chi connectivity index (χ2n) is 8.97. The number of hydrogen-bond donors (Lipinski definition) is 2. The summed E-state index contributed by atoms with van der Waals surface area (Å²) in [7, 11) is -2.42. The zero-order valence-electron chi connectivity index (χ0n) is 22.3. The SMILES string of the molecule is COc1ccccc1N(CCCN1CCN(c2ccc(F)cc2)CC1)S(=O)(=O)c1ccc(F)cc1.O=C(O)C(=O)O. The van der Waals surface area contributed by atoms with Gasteiger partial charge < -0.3 is 19.8 Å². The molecule has 0 amide bonds. The predicted octanol–water partition coefficient (Wildman–Crippen LogP) is 3.54. The van der Waals surface area contributed by atoms with Crippen LogP contribution in [0.3, 0.4) is 0 Å². The quantitative estimate of drug-likeness (QED) is 0.359. The van der Waals surface area contributed by atoms with Crippen molar-refractivity contribution in [1.82, 2.24) is 4.90 Å². The van der Waals surface area contributed by atoms with E-state index in [0.717, 1.165) is 50.5 Å². The first-order valence-electron chi connectivity index (χ1n) is 12.6. The van der Waals surface area contributed by atoms with E-state index in [1.807, 2.05) is 0 Å². The van der Waals surface area contributed by atoms with Gasteiger partial charge in [-0.2, -0.15) is 0 Å². The summed E-state index contributed by atoms with van der Waals surface area (Å²) in [5, 5.41) is 14.8. The minimum Gasteiger partial charge on any atom is -0.495 e. The number of carboxylic acids is 2. The Kier molecular flexibility index (Phi) is 11.0. The van der Waals surface area contributed by atoms with Gasteiger partial charge in [-0.1, -0.05) is 12.1 Å². The van der Waals surface area contributed by atoms with Crippen LogP contribution in [0.2, 0.25) is 0 Å². The standard InChI is InChI=1S/C26H29F2N3O3S.C2H2O4/c1-34-26-6-3-2-5-25(26)31(35(32,33)24-13-9-22(28)10-14-24)16-4-15-29-17-19-30(20-18-29)23-11-7-21(27)8-12-23;3-1(4)2(5)6/h2-3,5-14H,4,15-20H2,1H3;(H,3,4)(H,5,6). The van der Waals surface area contributed by atoms with E-state index in [9.17, 15) is 17.2 Å². The van der Waals surface area contributed by atoms with Crippen LogP contribution in [0.5, 0.6) is 5.75 Å². The van der Waals surface area contributed by atoms with Gasteiger partial charge in [-0.15, -0.1) is 0 Å². The minimum atomic E-state index is -3.93. The zero-order chi connectivity index (χ0) is 30.0. The lowest BCUT2D eigenvalue weighted by Crippen LogP contribution is -2.47. The fourth-order valence-electron chi connectivity index (χ4n) is 4.26. The molecule has 1 saturated heterocycles. The molecule has 2 N–H and O–H groups in total. The molecule has 220 valence electrons. The molecule has 1 aliphatic rings. The molecule has 0 saturated carbocycles. The highest BCUT2D eigenvalue weighted by molar-refractivity contribution is 7.92. The van der Waals surface area contributed by atoms with Crippen LogP contribution < -0.4 is 13.9 Å². The fourth-order valence-corrected chi connectivity index (χ4v) is 5.77. The number of rotatable bonds is 9. The number of para-hydroxylation sites is 2. The molecule has 3 aromatic rings. The molecule has 1 fully saturated rings. The van der Waals surface area contributed by atoms with Gasteiger partial charge in [0, 0.05) is 45.0 Å². The van der Waals surface area contributed by atoms with Crippen molar-refractivity contribution in [3.05, 3.63) is 84.4 Å². The van der Waals surface area contributed by atoms with Crippen molar-refractivity contribution in [3.63, 3.8) is 0 Å². The van der Waals surface area contributed by atoms with Gasteiger partial charge in [-0.25, -0.2) is 26.8 Å². The van der Waals surface area contributed by atoms with Gasteiger partial charge in [-0.3, -0.25) is 9.21 Å². The monoisotopic (exact) mass is 591 g/mol. The first-order valence-corrected chi connectivity index (χ1v) is 14.1. The number of anilines is 2. The minimum absolute atomic E-state index is 0.0257. The molecule has 1 aliphatic heterocycles. The first kappa shape index (κ1) is 31.3. The van der Waals surface area contributed by atoms with Crippen LogP contribution in [0.25, 0.3) is 0 Å². The second kappa shape index (κ2) is 14.4. The van der Waals surface area contributed by atoms with Crippen molar-refractivity contribution in [2.75, 3.05) is 55.6 Å². The van der Waals surface area contributed by atoms with Gasteiger partial charge in [0.15, 0.2) is 0 Å². The summed E-state index contributed by atoms with van der Waals surface area (Å²) in [6.07, 6.45) is 0.606. The van der Waals surface area contributed by atoms with Gasteiger partial charge in [0.1, 0.15) is 17.4 Å². The third kappa shape index (κ3) is 8.63. The molecule has 1 heterocycles. The van der Waals surface area contributed by atoms with Crippen molar-refractivity contribution >= 4 is 33.3 Å². The zero-order valence-corrected chi connectivity index (χ0v) is 23.1. The fraction of sp³-hybridized carbons (Fsp3) is 0.286. The van der Waals surface area contributed by atoms with Crippen molar-refractivity contribution in [1.29, 1.82) is 0 Å². The molecular formula is C28H31F2N3O7S. The van der Waals surface area contributed by atoms with Crippen LogP contribution >= 0.6 is 0 Å². The predicted molar refractivity (Wildman–Crippen MR) is 149 cm³/mol. The first-order chi connectivity index (χ1) is 19.5. The average molecular weight is 592 g/mol. The summed E-state index contributed by atoms with van der Waals surface area (Å²) < 4.78 is 60.4. The number of methoxy groups -OCH3 is 1. The maximum atomic E-state index is 13.5. The Bertz CT molecular complexity index is 1400. The van der Waals surface area contributed by atoms with Crippen molar-refractivity contribution < 1.29 is 41.7 Å². The topological polar surface area (TPSA) is 128 Å². The van der Waals surface area contributed by atoms with E-state index >= 15 is 0 Å². The van der Waals surface area contributed by atoms with E-state index in [0.29, 0.717) is 17.9 Å². The van der Waals surface area contributed by atoms with Crippen molar-refractivity contribution in [2.24, 2.45) is 0 Å². The van der Waals surface area contributed by atoms with E-state index in [1.165, 1.54) is 35.7 Å². The van der Waals surface area contributed by atoms with E-state index < -0.39 is 27.8 Å². The van der Waals surface area contributed by atoms with Crippen LogP contribution in [0.1, 0.15) is 6.42 Å². The van der Waals surface area contributed by atoms with E-state index in [2.05, 4.69) is 9.80 Å². The third-order valence-electron chi connectivity index (χ3n) is 6.34. The van der Waals surface area contributed by atoms with E-state index in [-0.39, 0.29) is 17.3 Å².